The minimum absolute atomic E-state index is 0.250. The van der Waals surface area contributed by atoms with Crippen LogP contribution < -0.4 is 5.32 Å². The molecule has 2 aromatic carbocycles. The second-order valence-electron chi connectivity index (χ2n) is 6.20. The predicted molar refractivity (Wildman–Crippen MR) is 98.2 cm³/mol. The predicted octanol–water partition coefficient (Wildman–Crippen LogP) is 2.93. The lowest BCUT2D eigenvalue weighted by Crippen LogP contribution is -2.37. The third kappa shape index (κ3) is 3.81. The number of para-hydroxylation sites is 1. The number of nitrogens with zero attached hydrogens (tertiary/aromatic N) is 3. The van der Waals surface area contributed by atoms with Crippen molar-refractivity contribution in [3.63, 3.8) is 0 Å². The van der Waals surface area contributed by atoms with Crippen LogP contribution in [0.1, 0.15) is 17.2 Å². The Hall–Kier alpha value is -2.99. The Bertz CT molecular complexity index is 877. The Balaban J connectivity index is 1.79. The molecule has 0 radical (unpaired) electrons. The van der Waals surface area contributed by atoms with E-state index in [-0.39, 0.29) is 11.7 Å². The Morgan fingerprint density at radius 1 is 1.19 bits per heavy atom. The highest BCUT2D eigenvalue weighted by atomic mass is 19.1. The van der Waals surface area contributed by atoms with Crippen LogP contribution in [0.4, 0.5) is 4.39 Å². The summed E-state index contributed by atoms with van der Waals surface area (Å²) in [5, 5.41) is 2.93. The van der Waals surface area contributed by atoms with Gasteiger partial charge in [-0.05, 0) is 31.8 Å². The molecule has 26 heavy (non-hydrogen) atoms. The average Bonchev–Trinajstić information content (AvgIpc) is 3.16. The van der Waals surface area contributed by atoms with Crippen LogP contribution in [0.5, 0.6) is 0 Å². The van der Waals surface area contributed by atoms with Gasteiger partial charge in [0.15, 0.2) is 0 Å². The first-order valence-electron chi connectivity index (χ1n) is 8.32. The first kappa shape index (κ1) is 17.8. The van der Waals surface area contributed by atoms with Gasteiger partial charge in [0.2, 0.25) is 5.91 Å². The largest absolute Gasteiger partial charge is 0.350 e. The molecule has 1 aromatic heterocycles. The van der Waals surface area contributed by atoms with Crippen LogP contribution in [0.25, 0.3) is 5.69 Å². The Kier molecular flexibility index (Phi) is 5.43. The summed E-state index contributed by atoms with van der Waals surface area (Å²) in [7, 11) is 3.52. The van der Waals surface area contributed by atoms with Crippen molar-refractivity contribution in [1.29, 1.82) is 0 Å². The molecular formula is C20H21FN4O. The summed E-state index contributed by atoms with van der Waals surface area (Å²) in [4.78, 5) is 18.5. The molecule has 0 aliphatic heterocycles. The normalized spacial score (nSPS) is 12.2. The Morgan fingerprint density at radius 3 is 2.62 bits per heavy atom. The molecule has 3 rings (SSSR count). The van der Waals surface area contributed by atoms with Crippen LogP contribution in [0.2, 0.25) is 0 Å². The summed E-state index contributed by atoms with van der Waals surface area (Å²) in [5.74, 6) is -0.638. The van der Waals surface area contributed by atoms with E-state index in [1.807, 2.05) is 35.0 Å². The summed E-state index contributed by atoms with van der Waals surface area (Å²) in [6.45, 7) is 0.339. The Morgan fingerprint density at radius 2 is 1.92 bits per heavy atom. The molecule has 0 fully saturated rings. The van der Waals surface area contributed by atoms with Crippen LogP contribution in [0, 0.1) is 5.82 Å². The zero-order chi connectivity index (χ0) is 18.5. The van der Waals surface area contributed by atoms with E-state index in [9.17, 15) is 9.18 Å². The van der Waals surface area contributed by atoms with E-state index in [4.69, 9.17) is 0 Å². The molecule has 0 unspecified atom stereocenters. The van der Waals surface area contributed by atoms with E-state index >= 15 is 0 Å². The van der Waals surface area contributed by atoms with Gasteiger partial charge in [-0.2, -0.15) is 0 Å². The lowest BCUT2D eigenvalue weighted by molar-refractivity contribution is -0.126. The zero-order valence-electron chi connectivity index (χ0n) is 14.8. The van der Waals surface area contributed by atoms with Gasteiger partial charge in [0.1, 0.15) is 11.9 Å². The molecule has 1 heterocycles. The standard InChI is InChI=1S/C20H21FN4O/c1-24(2)19(16-8-4-5-9-17(16)21)20(26)23-13-15-7-3-6-10-18(15)25-12-11-22-14-25/h3-12,14,19H,13H2,1-2H3,(H,23,26)/t19-/m1/s1. The van der Waals surface area contributed by atoms with Crippen LogP contribution in [-0.2, 0) is 11.3 Å². The Labute approximate surface area is 152 Å². The highest BCUT2D eigenvalue weighted by Crippen LogP contribution is 2.22. The number of carbonyl (C=O) groups excluding carboxylic acids is 1. The number of carbonyl (C=O) groups is 1. The zero-order valence-corrected chi connectivity index (χ0v) is 14.8. The summed E-state index contributed by atoms with van der Waals surface area (Å²) in [6.07, 6.45) is 5.26. The van der Waals surface area contributed by atoms with Crippen molar-refractivity contribution in [2.24, 2.45) is 0 Å². The molecule has 0 saturated carbocycles. The maximum absolute atomic E-state index is 14.2. The molecule has 0 aliphatic carbocycles. The van der Waals surface area contributed by atoms with E-state index in [1.54, 1.807) is 49.7 Å². The second-order valence-corrected chi connectivity index (χ2v) is 6.20. The molecule has 1 atom stereocenters. The number of aromatic nitrogens is 2. The number of rotatable bonds is 6. The lowest BCUT2D eigenvalue weighted by Gasteiger charge is -2.24. The fraction of sp³-hybridized carbons (Fsp3) is 0.200. The molecular weight excluding hydrogens is 331 g/mol. The minimum atomic E-state index is -0.698. The lowest BCUT2D eigenvalue weighted by atomic mass is 10.0. The molecule has 3 aromatic rings. The van der Waals surface area contributed by atoms with E-state index in [1.165, 1.54) is 6.07 Å². The maximum Gasteiger partial charge on any atom is 0.242 e. The SMILES string of the molecule is CN(C)[C@@H](C(=O)NCc1ccccc1-n1ccnc1)c1ccccc1F. The quantitative estimate of drug-likeness (QED) is 0.742. The average molecular weight is 352 g/mol. The highest BCUT2D eigenvalue weighted by molar-refractivity contribution is 5.83. The molecule has 134 valence electrons. The first-order chi connectivity index (χ1) is 12.6. The third-order valence-corrected chi connectivity index (χ3v) is 4.19. The van der Waals surface area contributed by atoms with Crippen molar-refractivity contribution in [3.05, 3.63) is 84.2 Å². The number of amides is 1. The summed E-state index contributed by atoms with van der Waals surface area (Å²) in [5.41, 5.74) is 2.25. The molecule has 1 N–H and O–H groups in total. The van der Waals surface area contributed by atoms with Crippen LogP contribution >= 0.6 is 0 Å². The highest BCUT2D eigenvalue weighted by Gasteiger charge is 2.25. The number of benzene rings is 2. The monoisotopic (exact) mass is 352 g/mol. The number of halogens is 1. The smallest absolute Gasteiger partial charge is 0.242 e. The van der Waals surface area contributed by atoms with Crippen LogP contribution in [-0.4, -0.2) is 34.5 Å². The van der Waals surface area contributed by atoms with Gasteiger partial charge in [-0.1, -0.05) is 36.4 Å². The molecule has 0 saturated heterocycles. The van der Waals surface area contributed by atoms with Gasteiger partial charge >= 0.3 is 0 Å². The van der Waals surface area contributed by atoms with Gasteiger partial charge < -0.3 is 9.88 Å². The van der Waals surface area contributed by atoms with Crippen molar-refractivity contribution in [1.82, 2.24) is 19.8 Å². The van der Waals surface area contributed by atoms with Crippen molar-refractivity contribution >= 4 is 5.91 Å². The summed E-state index contributed by atoms with van der Waals surface area (Å²) in [6, 6.07) is 13.4. The molecule has 0 spiro atoms. The van der Waals surface area contributed by atoms with Crippen LogP contribution in [0.15, 0.2) is 67.3 Å². The fourth-order valence-corrected chi connectivity index (χ4v) is 2.94. The van der Waals surface area contributed by atoms with E-state index in [0.717, 1.165) is 11.3 Å². The number of likely N-dealkylation sites (N-methyl/N-ethyl adjacent to an activating group) is 1. The fourth-order valence-electron chi connectivity index (χ4n) is 2.94. The van der Waals surface area contributed by atoms with Crippen molar-refractivity contribution in [2.45, 2.75) is 12.6 Å². The third-order valence-electron chi connectivity index (χ3n) is 4.19. The summed E-state index contributed by atoms with van der Waals surface area (Å²) >= 11 is 0. The van der Waals surface area contributed by atoms with E-state index < -0.39 is 6.04 Å². The molecule has 5 nitrogen and oxygen atoms in total. The topological polar surface area (TPSA) is 50.2 Å². The number of nitrogens with one attached hydrogen (secondary N) is 1. The number of hydrogen-bond acceptors (Lipinski definition) is 3. The molecule has 0 aliphatic rings. The molecule has 1 amide bonds. The van der Waals surface area contributed by atoms with Crippen LogP contribution in [0.3, 0.4) is 0 Å². The maximum atomic E-state index is 14.2. The van der Waals surface area contributed by atoms with Crippen molar-refractivity contribution in [2.75, 3.05) is 14.1 Å². The summed E-state index contributed by atoms with van der Waals surface area (Å²) < 4.78 is 16.0. The van der Waals surface area contributed by atoms with E-state index in [2.05, 4.69) is 10.3 Å². The van der Waals surface area contributed by atoms with Gasteiger partial charge in [-0.15, -0.1) is 0 Å². The van der Waals surface area contributed by atoms with E-state index in [0.29, 0.717) is 12.1 Å². The van der Waals surface area contributed by atoms with Gasteiger partial charge in [-0.3, -0.25) is 9.69 Å². The van der Waals surface area contributed by atoms with Gasteiger partial charge in [0.05, 0.1) is 12.0 Å². The van der Waals surface area contributed by atoms with Gasteiger partial charge in [-0.25, -0.2) is 9.37 Å². The molecule has 0 bridgehead atoms. The first-order valence-corrected chi connectivity index (χ1v) is 8.32. The second kappa shape index (κ2) is 7.93. The van der Waals surface area contributed by atoms with Crippen molar-refractivity contribution in [3.8, 4) is 5.69 Å². The van der Waals surface area contributed by atoms with Gasteiger partial charge in [0, 0.05) is 24.5 Å². The molecule has 6 heteroatoms. The van der Waals surface area contributed by atoms with Crippen molar-refractivity contribution < 1.29 is 9.18 Å². The minimum Gasteiger partial charge on any atom is -0.350 e. The number of imidazole rings is 1. The number of hydrogen-bond donors (Lipinski definition) is 1. The van der Waals surface area contributed by atoms with Gasteiger partial charge in [0.25, 0.3) is 0 Å².